The summed E-state index contributed by atoms with van der Waals surface area (Å²) in [6.45, 7) is 4.00. The number of benzene rings is 1. The van der Waals surface area contributed by atoms with Crippen molar-refractivity contribution in [3.8, 4) is 0 Å². The Kier molecular flexibility index (Phi) is 4.15. The first kappa shape index (κ1) is 15.0. The standard InChI is InChI=1S/C14H20N2O3S/c1-10-6-4-5-7-12(10)13-15-11(2)14(17)16(13)8-9-20(3,18)19/h4-7,11,13,15H,8-9H2,1-3H3. The first-order valence-electron chi connectivity index (χ1n) is 6.59. The second-order valence-corrected chi connectivity index (χ2v) is 7.57. The summed E-state index contributed by atoms with van der Waals surface area (Å²) in [5.41, 5.74) is 2.09. The van der Waals surface area contributed by atoms with E-state index >= 15 is 0 Å². The Labute approximate surface area is 119 Å². The molecule has 2 rings (SSSR count). The second-order valence-electron chi connectivity index (χ2n) is 5.31. The molecule has 1 aromatic rings. The zero-order valence-corrected chi connectivity index (χ0v) is 12.8. The predicted molar refractivity (Wildman–Crippen MR) is 77.9 cm³/mol. The van der Waals surface area contributed by atoms with Gasteiger partial charge in [0.25, 0.3) is 0 Å². The van der Waals surface area contributed by atoms with Gasteiger partial charge in [-0.3, -0.25) is 10.1 Å². The average Bonchev–Trinajstić information content (AvgIpc) is 2.63. The fourth-order valence-electron chi connectivity index (χ4n) is 2.43. The Morgan fingerprint density at radius 3 is 2.55 bits per heavy atom. The van der Waals surface area contributed by atoms with Crippen LogP contribution in [0.4, 0.5) is 0 Å². The van der Waals surface area contributed by atoms with E-state index in [1.165, 1.54) is 6.26 Å². The monoisotopic (exact) mass is 296 g/mol. The molecule has 110 valence electrons. The molecular formula is C14H20N2O3S. The molecule has 1 amide bonds. The van der Waals surface area contributed by atoms with Crippen molar-refractivity contribution in [2.45, 2.75) is 26.1 Å². The smallest absolute Gasteiger partial charge is 0.241 e. The van der Waals surface area contributed by atoms with Gasteiger partial charge in [0, 0.05) is 12.8 Å². The molecule has 2 atom stereocenters. The number of carbonyl (C=O) groups is 1. The van der Waals surface area contributed by atoms with Gasteiger partial charge in [-0.2, -0.15) is 0 Å². The Morgan fingerprint density at radius 2 is 1.95 bits per heavy atom. The summed E-state index contributed by atoms with van der Waals surface area (Å²) in [6, 6.07) is 7.52. The Bertz CT molecular complexity index is 613. The molecule has 6 heteroatoms. The zero-order chi connectivity index (χ0) is 14.9. The Morgan fingerprint density at radius 1 is 1.30 bits per heavy atom. The summed E-state index contributed by atoms with van der Waals surface area (Å²) in [7, 11) is -3.09. The molecule has 2 unspecified atom stereocenters. The predicted octanol–water partition coefficient (Wildman–Crippen LogP) is 0.859. The molecule has 1 aliphatic heterocycles. The third-order valence-electron chi connectivity index (χ3n) is 3.56. The summed E-state index contributed by atoms with van der Waals surface area (Å²) >= 11 is 0. The first-order valence-corrected chi connectivity index (χ1v) is 8.65. The topological polar surface area (TPSA) is 66.5 Å². The van der Waals surface area contributed by atoms with E-state index in [-0.39, 0.29) is 30.4 Å². The molecular weight excluding hydrogens is 276 g/mol. The van der Waals surface area contributed by atoms with Gasteiger partial charge in [0.2, 0.25) is 5.91 Å². The van der Waals surface area contributed by atoms with E-state index in [0.717, 1.165) is 11.1 Å². The first-order chi connectivity index (χ1) is 9.29. The highest BCUT2D eigenvalue weighted by atomic mass is 32.2. The van der Waals surface area contributed by atoms with Crippen LogP contribution in [0.1, 0.15) is 24.2 Å². The molecule has 0 saturated carbocycles. The van der Waals surface area contributed by atoms with Crippen LogP contribution in [-0.4, -0.2) is 43.8 Å². The third kappa shape index (κ3) is 3.19. The number of amides is 1. The number of nitrogens with one attached hydrogen (secondary N) is 1. The van der Waals surface area contributed by atoms with Crippen LogP contribution in [0.2, 0.25) is 0 Å². The number of sulfone groups is 1. The largest absolute Gasteiger partial charge is 0.321 e. The van der Waals surface area contributed by atoms with Crippen molar-refractivity contribution in [1.29, 1.82) is 0 Å². The zero-order valence-electron chi connectivity index (χ0n) is 12.0. The minimum atomic E-state index is -3.09. The molecule has 0 spiro atoms. The number of hydrogen-bond acceptors (Lipinski definition) is 4. The van der Waals surface area contributed by atoms with Gasteiger partial charge >= 0.3 is 0 Å². The average molecular weight is 296 g/mol. The van der Waals surface area contributed by atoms with E-state index in [1.54, 1.807) is 11.8 Å². The minimum absolute atomic E-state index is 0.0183. The number of hydrogen-bond donors (Lipinski definition) is 1. The van der Waals surface area contributed by atoms with Gasteiger partial charge in [0.05, 0.1) is 11.8 Å². The van der Waals surface area contributed by atoms with Crippen LogP contribution in [0.3, 0.4) is 0 Å². The highest BCUT2D eigenvalue weighted by molar-refractivity contribution is 7.90. The SMILES string of the molecule is Cc1ccccc1C1NC(C)C(=O)N1CCS(C)(=O)=O. The molecule has 1 N–H and O–H groups in total. The number of carbonyl (C=O) groups excluding carboxylic acids is 1. The van der Waals surface area contributed by atoms with Crippen LogP contribution in [0.15, 0.2) is 24.3 Å². The van der Waals surface area contributed by atoms with Crippen LogP contribution in [0, 0.1) is 6.92 Å². The summed E-state index contributed by atoms with van der Waals surface area (Å²) < 4.78 is 22.7. The van der Waals surface area contributed by atoms with E-state index < -0.39 is 9.84 Å². The van der Waals surface area contributed by atoms with Crippen molar-refractivity contribution in [3.63, 3.8) is 0 Å². The van der Waals surface area contributed by atoms with Gasteiger partial charge in [0.15, 0.2) is 0 Å². The maximum absolute atomic E-state index is 12.2. The lowest BCUT2D eigenvalue weighted by Gasteiger charge is -2.25. The van der Waals surface area contributed by atoms with Gasteiger partial charge in [-0.15, -0.1) is 0 Å². The molecule has 1 fully saturated rings. The highest BCUT2D eigenvalue weighted by Crippen LogP contribution is 2.27. The maximum Gasteiger partial charge on any atom is 0.241 e. The molecule has 5 nitrogen and oxygen atoms in total. The second kappa shape index (κ2) is 5.54. The van der Waals surface area contributed by atoms with E-state index in [2.05, 4.69) is 5.32 Å². The molecule has 0 bridgehead atoms. The van der Waals surface area contributed by atoms with Gasteiger partial charge in [-0.1, -0.05) is 24.3 Å². The highest BCUT2D eigenvalue weighted by Gasteiger charge is 2.37. The molecule has 1 aromatic carbocycles. The van der Waals surface area contributed by atoms with Crippen LogP contribution < -0.4 is 5.32 Å². The number of nitrogens with zero attached hydrogens (tertiary/aromatic N) is 1. The van der Waals surface area contributed by atoms with Crippen molar-refractivity contribution < 1.29 is 13.2 Å². The van der Waals surface area contributed by atoms with Gasteiger partial charge in [0.1, 0.15) is 16.0 Å². The van der Waals surface area contributed by atoms with Gasteiger partial charge in [-0.25, -0.2) is 8.42 Å². The van der Waals surface area contributed by atoms with Crippen LogP contribution in [-0.2, 0) is 14.6 Å². The van der Waals surface area contributed by atoms with Gasteiger partial charge < -0.3 is 4.90 Å². The van der Waals surface area contributed by atoms with E-state index in [9.17, 15) is 13.2 Å². The van der Waals surface area contributed by atoms with E-state index in [0.29, 0.717) is 0 Å². The molecule has 0 aliphatic carbocycles. The van der Waals surface area contributed by atoms with Crippen molar-refractivity contribution in [2.24, 2.45) is 0 Å². The number of aryl methyl sites for hydroxylation is 1. The molecule has 0 aromatic heterocycles. The van der Waals surface area contributed by atoms with E-state index in [4.69, 9.17) is 0 Å². The molecule has 1 heterocycles. The van der Waals surface area contributed by atoms with Crippen LogP contribution in [0.5, 0.6) is 0 Å². The fraction of sp³-hybridized carbons (Fsp3) is 0.500. The molecule has 20 heavy (non-hydrogen) atoms. The molecule has 0 radical (unpaired) electrons. The lowest BCUT2D eigenvalue weighted by Crippen LogP contribution is -2.35. The molecule has 1 saturated heterocycles. The Hall–Kier alpha value is -1.40. The van der Waals surface area contributed by atoms with Crippen LogP contribution in [0.25, 0.3) is 0 Å². The molecule has 1 aliphatic rings. The Balaban J connectivity index is 2.26. The van der Waals surface area contributed by atoms with E-state index in [1.807, 2.05) is 31.2 Å². The third-order valence-corrected chi connectivity index (χ3v) is 4.48. The lowest BCUT2D eigenvalue weighted by atomic mass is 10.1. The normalized spacial score (nSPS) is 23.4. The quantitative estimate of drug-likeness (QED) is 0.895. The van der Waals surface area contributed by atoms with Crippen molar-refractivity contribution in [2.75, 3.05) is 18.6 Å². The minimum Gasteiger partial charge on any atom is -0.321 e. The van der Waals surface area contributed by atoms with Crippen molar-refractivity contribution in [1.82, 2.24) is 10.2 Å². The summed E-state index contributed by atoms with van der Waals surface area (Å²) in [4.78, 5) is 13.8. The lowest BCUT2D eigenvalue weighted by molar-refractivity contribution is -0.129. The summed E-state index contributed by atoms with van der Waals surface area (Å²) in [5, 5.41) is 3.23. The fourth-order valence-corrected chi connectivity index (χ4v) is 2.96. The number of rotatable bonds is 4. The summed E-state index contributed by atoms with van der Waals surface area (Å²) in [6.07, 6.45) is 0.938. The summed E-state index contributed by atoms with van der Waals surface area (Å²) in [5.74, 6) is -0.0721. The van der Waals surface area contributed by atoms with Crippen molar-refractivity contribution >= 4 is 15.7 Å². The van der Waals surface area contributed by atoms with Gasteiger partial charge in [-0.05, 0) is 25.0 Å². The van der Waals surface area contributed by atoms with Crippen LogP contribution >= 0.6 is 0 Å². The van der Waals surface area contributed by atoms with Crippen molar-refractivity contribution in [3.05, 3.63) is 35.4 Å². The maximum atomic E-state index is 12.2.